The molecule has 0 radical (unpaired) electrons. The Balaban J connectivity index is 1.65. The van der Waals surface area contributed by atoms with E-state index in [9.17, 15) is 9.59 Å². The lowest BCUT2D eigenvalue weighted by Crippen LogP contribution is -2.50. The highest BCUT2D eigenvalue weighted by molar-refractivity contribution is 7.99. The van der Waals surface area contributed by atoms with Gasteiger partial charge in [0.05, 0.1) is 5.75 Å². The zero-order valence-corrected chi connectivity index (χ0v) is 20.6. The monoisotopic (exact) mass is 472 g/mol. The molecule has 0 heterocycles. The molecule has 1 N–H and O–H groups in total. The Morgan fingerprint density at radius 1 is 1.09 bits per heavy atom. The normalized spacial score (nSPS) is 15.2. The molecule has 0 spiro atoms. The van der Waals surface area contributed by atoms with Crippen LogP contribution in [-0.4, -0.2) is 34.6 Å². The molecule has 2 aromatic carbocycles. The van der Waals surface area contributed by atoms with Crippen molar-refractivity contribution in [2.45, 2.75) is 70.3 Å². The quantitative estimate of drug-likeness (QED) is 0.505. The Hall–Kier alpha value is -1.98. The minimum absolute atomic E-state index is 0.0334. The molecule has 1 unspecified atom stereocenters. The van der Waals surface area contributed by atoms with E-state index >= 15 is 0 Å². The molecule has 1 fully saturated rings. The summed E-state index contributed by atoms with van der Waals surface area (Å²) < 4.78 is 0. The highest BCUT2D eigenvalue weighted by atomic mass is 35.5. The zero-order valence-electron chi connectivity index (χ0n) is 19.0. The van der Waals surface area contributed by atoms with Crippen LogP contribution in [0.1, 0.15) is 55.7 Å². The molecule has 0 bridgehead atoms. The second-order valence-electron chi connectivity index (χ2n) is 8.61. The van der Waals surface area contributed by atoms with Gasteiger partial charge in [0.1, 0.15) is 6.04 Å². The molecule has 1 aliphatic rings. The Bertz CT molecular complexity index is 897. The number of nitrogens with one attached hydrogen (secondary N) is 1. The maximum atomic E-state index is 13.2. The molecule has 0 saturated heterocycles. The standard InChI is InChI=1S/C26H33ClN2O2S/c1-19-12-14-21(15-13-19)16-29(20(2)26(31)28-23-9-4-3-5-10-23)25(30)18-32-17-22-8-6-7-11-24(22)27/h6-8,11-15,20,23H,3-5,9-10,16-18H2,1-2H3,(H,28,31). The van der Waals surface area contributed by atoms with Crippen LogP contribution in [0.3, 0.4) is 0 Å². The van der Waals surface area contributed by atoms with Gasteiger partial charge in [0, 0.05) is 23.4 Å². The molecule has 0 aromatic heterocycles. The third kappa shape index (κ3) is 7.28. The number of hydrogen-bond donors (Lipinski definition) is 1. The highest BCUT2D eigenvalue weighted by Gasteiger charge is 2.28. The van der Waals surface area contributed by atoms with Gasteiger partial charge in [0.2, 0.25) is 11.8 Å². The van der Waals surface area contributed by atoms with Crippen LogP contribution in [0, 0.1) is 6.92 Å². The van der Waals surface area contributed by atoms with Crippen LogP contribution in [0.15, 0.2) is 48.5 Å². The van der Waals surface area contributed by atoms with E-state index in [1.807, 2.05) is 62.4 Å². The smallest absolute Gasteiger partial charge is 0.242 e. The summed E-state index contributed by atoms with van der Waals surface area (Å²) >= 11 is 7.77. The second kappa shape index (κ2) is 12.3. The Labute approximate surface area is 201 Å². The van der Waals surface area contributed by atoms with Gasteiger partial charge in [-0.3, -0.25) is 9.59 Å². The summed E-state index contributed by atoms with van der Waals surface area (Å²) in [5.41, 5.74) is 3.21. The van der Waals surface area contributed by atoms with E-state index in [-0.39, 0.29) is 17.9 Å². The number of hydrogen-bond acceptors (Lipinski definition) is 3. The number of nitrogens with zero attached hydrogens (tertiary/aromatic N) is 1. The number of rotatable bonds is 9. The largest absolute Gasteiger partial charge is 0.352 e. The van der Waals surface area contributed by atoms with Crippen molar-refractivity contribution in [1.82, 2.24) is 10.2 Å². The van der Waals surface area contributed by atoms with Crippen molar-refractivity contribution in [2.24, 2.45) is 0 Å². The molecule has 32 heavy (non-hydrogen) atoms. The Kier molecular flexibility index (Phi) is 9.49. The van der Waals surface area contributed by atoms with Gasteiger partial charge in [0.25, 0.3) is 0 Å². The predicted octanol–water partition coefficient (Wildman–Crippen LogP) is 5.75. The SMILES string of the molecule is Cc1ccc(CN(C(=O)CSCc2ccccc2Cl)C(C)C(=O)NC2CCCCC2)cc1. The lowest BCUT2D eigenvalue weighted by atomic mass is 9.95. The average molecular weight is 473 g/mol. The van der Waals surface area contributed by atoms with E-state index in [1.54, 1.807) is 4.90 Å². The first-order valence-electron chi connectivity index (χ1n) is 11.4. The third-order valence-corrected chi connectivity index (χ3v) is 7.37. The van der Waals surface area contributed by atoms with Gasteiger partial charge in [-0.2, -0.15) is 0 Å². The first-order valence-corrected chi connectivity index (χ1v) is 12.9. The van der Waals surface area contributed by atoms with Gasteiger partial charge in [-0.05, 0) is 43.9 Å². The van der Waals surface area contributed by atoms with Gasteiger partial charge in [-0.1, -0.05) is 78.9 Å². The fourth-order valence-corrected chi connectivity index (χ4v) is 5.18. The van der Waals surface area contributed by atoms with Gasteiger partial charge >= 0.3 is 0 Å². The summed E-state index contributed by atoms with van der Waals surface area (Å²) in [6, 6.07) is 15.5. The average Bonchev–Trinajstić information content (AvgIpc) is 2.80. The van der Waals surface area contributed by atoms with Crippen molar-refractivity contribution in [3.05, 3.63) is 70.2 Å². The van der Waals surface area contributed by atoms with Crippen molar-refractivity contribution in [2.75, 3.05) is 5.75 Å². The van der Waals surface area contributed by atoms with Gasteiger partial charge < -0.3 is 10.2 Å². The molecular weight excluding hydrogens is 440 g/mol. The molecule has 0 aliphatic heterocycles. The van der Waals surface area contributed by atoms with Crippen LogP contribution < -0.4 is 5.32 Å². The minimum atomic E-state index is -0.522. The summed E-state index contributed by atoms with van der Waals surface area (Å²) in [4.78, 5) is 27.9. The van der Waals surface area contributed by atoms with E-state index < -0.39 is 6.04 Å². The fourth-order valence-electron chi connectivity index (χ4n) is 3.99. The highest BCUT2D eigenvalue weighted by Crippen LogP contribution is 2.22. The molecule has 1 atom stereocenters. The van der Waals surface area contributed by atoms with Crippen molar-refractivity contribution < 1.29 is 9.59 Å². The van der Waals surface area contributed by atoms with Crippen LogP contribution >= 0.6 is 23.4 Å². The molecule has 6 heteroatoms. The van der Waals surface area contributed by atoms with Crippen LogP contribution in [-0.2, 0) is 21.9 Å². The topological polar surface area (TPSA) is 49.4 Å². The fraction of sp³-hybridized carbons (Fsp3) is 0.462. The van der Waals surface area contributed by atoms with E-state index in [0.29, 0.717) is 23.1 Å². The number of amides is 2. The van der Waals surface area contributed by atoms with Crippen molar-refractivity contribution in [3.8, 4) is 0 Å². The predicted molar refractivity (Wildman–Crippen MR) is 134 cm³/mol. The third-order valence-electron chi connectivity index (χ3n) is 6.03. The number of aryl methyl sites for hydroxylation is 1. The number of carbonyl (C=O) groups is 2. The lowest BCUT2D eigenvalue weighted by molar-refractivity contribution is -0.139. The molecule has 2 aromatic rings. The number of carbonyl (C=O) groups excluding carboxylic acids is 2. The summed E-state index contributed by atoms with van der Waals surface area (Å²) in [5.74, 6) is 0.868. The first-order chi connectivity index (χ1) is 15.4. The van der Waals surface area contributed by atoms with Crippen molar-refractivity contribution in [3.63, 3.8) is 0 Å². The van der Waals surface area contributed by atoms with Gasteiger partial charge in [-0.25, -0.2) is 0 Å². The molecular formula is C26H33ClN2O2S. The summed E-state index contributed by atoms with van der Waals surface area (Å²) in [6.45, 7) is 4.30. The molecule has 1 aliphatic carbocycles. The summed E-state index contributed by atoms with van der Waals surface area (Å²) in [5, 5.41) is 3.89. The lowest BCUT2D eigenvalue weighted by Gasteiger charge is -2.31. The molecule has 4 nitrogen and oxygen atoms in total. The second-order valence-corrected chi connectivity index (χ2v) is 10.0. The summed E-state index contributed by atoms with van der Waals surface area (Å²) in [7, 11) is 0. The molecule has 172 valence electrons. The van der Waals surface area contributed by atoms with Crippen LogP contribution in [0.5, 0.6) is 0 Å². The van der Waals surface area contributed by atoms with E-state index in [4.69, 9.17) is 11.6 Å². The maximum absolute atomic E-state index is 13.2. The van der Waals surface area contributed by atoms with Crippen LogP contribution in [0.2, 0.25) is 5.02 Å². The number of halogens is 1. The Morgan fingerprint density at radius 3 is 2.47 bits per heavy atom. The van der Waals surface area contributed by atoms with Gasteiger partial charge in [0.15, 0.2) is 0 Å². The molecule has 1 saturated carbocycles. The first kappa shape index (κ1) is 24.7. The van der Waals surface area contributed by atoms with Crippen LogP contribution in [0.25, 0.3) is 0 Å². The maximum Gasteiger partial charge on any atom is 0.242 e. The van der Waals surface area contributed by atoms with Gasteiger partial charge in [-0.15, -0.1) is 11.8 Å². The number of benzene rings is 2. The molecule has 2 amide bonds. The zero-order chi connectivity index (χ0) is 22.9. The minimum Gasteiger partial charge on any atom is -0.352 e. The summed E-state index contributed by atoms with van der Waals surface area (Å²) in [6.07, 6.45) is 5.60. The molecule has 3 rings (SSSR count). The van der Waals surface area contributed by atoms with E-state index in [0.717, 1.165) is 36.8 Å². The number of thioether (sulfide) groups is 1. The van der Waals surface area contributed by atoms with Crippen molar-refractivity contribution >= 4 is 35.2 Å². The Morgan fingerprint density at radius 2 is 1.78 bits per heavy atom. The van der Waals surface area contributed by atoms with E-state index in [2.05, 4.69) is 5.32 Å². The van der Waals surface area contributed by atoms with E-state index in [1.165, 1.54) is 23.7 Å². The van der Waals surface area contributed by atoms with Crippen LogP contribution in [0.4, 0.5) is 0 Å². The van der Waals surface area contributed by atoms with Crippen molar-refractivity contribution in [1.29, 1.82) is 0 Å².